The Labute approximate surface area is 202 Å². The van der Waals surface area contributed by atoms with E-state index in [0.717, 1.165) is 0 Å². The molecule has 0 spiro atoms. The summed E-state index contributed by atoms with van der Waals surface area (Å²) < 4.78 is 10.5. The molecule has 2 aliphatic rings. The molecule has 0 bridgehead atoms. The molecule has 2 amide bonds. The van der Waals surface area contributed by atoms with Gasteiger partial charge in [0, 0.05) is 25.2 Å². The van der Waals surface area contributed by atoms with E-state index in [1.54, 1.807) is 41.5 Å². The molecule has 4 atom stereocenters. The molecule has 0 aliphatic carbocycles. The van der Waals surface area contributed by atoms with E-state index >= 15 is 0 Å². The SMILES string of the molecule is C[C@@H]1CC[C@@H](C(=O)O)CN1C(=O)OC(C)(C)C.C[C@H]1CC[C@H](C(=O)O)CN1C(=O)OC(C)(C)C. The van der Waals surface area contributed by atoms with Crippen LogP contribution in [0.5, 0.6) is 0 Å². The van der Waals surface area contributed by atoms with Crippen molar-refractivity contribution in [3.8, 4) is 0 Å². The van der Waals surface area contributed by atoms with Gasteiger partial charge in [0.1, 0.15) is 11.2 Å². The number of carboxylic acids is 2. The van der Waals surface area contributed by atoms with E-state index < -0.39 is 47.2 Å². The Kier molecular flexibility index (Phi) is 10.2. The highest BCUT2D eigenvalue weighted by Crippen LogP contribution is 2.25. The van der Waals surface area contributed by atoms with Gasteiger partial charge in [0.05, 0.1) is 11.8 Å². The summed E-state index contributed by atoms with van der Waals surface area (Å²) in [7, 11) is 0. The maximum atomic E-state index is 11.9. The predicted octanol–water partition coefficient (Wildman–Crippen LogP) is 4.21. The van der Waals surface area contributed by atoms with Crippen molar-refractivity contribution in [3.05, 3.63) is 0 Å². The van der Waals surface area contributed by atoms with Crippen molar-refractivity contribution in [1.29, 1.82) is 0 Å². The molecule has 0 radical (unpaired) electrons. The molecule has 2 rings (SSSR count). The zero-order valence-corrected chi connectivity index (χ0v) is 21.8. The Morgan fingerprint density at radius 2 is 0.941 bits per heavy atom. The van der Waals surface area contributed by atoms with Crippen LogP contribution < -0.4 is 0 Å². The molecule has 196 valence electrons. The minimum Gasteiger partial charge on any atom is -0.481 e. The summed E-state index contributed by atoms with van der Waals surface area (Å²) in [5.41, 5.74) is -1.10. The van der Waals surface area contributed by atoms with Crippen LogP contribution in [0.15, 0.2) is 0 Å². The van der Waals surface area contributed by atoms with Crippen LogP contribution in [0, 0.1) is 11.8 Å². The molecule has 0 aromatic rings. The Morgan fingerprint density at radius 1 is 0.647 bits per heavy atom. The van der Waals surface area contributed by atoms with Crippen LogP contribution in [0.1, 0.15) is 81.1 Å². The summed E-state index contributed by atoms with van der Waals surface area (Å²) in [6.07, 6.45) is 1.81. The summed E-state index contributed by atoms with van der Waals surface area (Å²) >= 11 is 0. The first-order valence-corrected chi connectivity index (χ1v) is 11.9. The predicted molar refractivity (Wildman–Crippen MR) is 126 cm³/mol. The van der Waals surface area contributed by atoms with Gasteiger partial charge in [-0.25, -0.2) is 9.59 Å². The highest BCUT2D eigenvalue weighted by Gasteiger charge is 2.36. The largest absolute Gasteiger partial charge is 0.481 e. The standard InChI is InChI=1S/2C12H21NO4/c2*1-8-5-6-9(10(14)15)7-13(8)11(16)17-12(2,3)4/h2*8-9H,5-7H2,1-4H3,(H,14,15)/t2*8-,9-/m10/s1. The number of carbonyl (C=O) groups is 4. The van der Waals surface area contributed by atoms with E-state index in [1.807, 2.05) is 13.8 Å². The van der Waals surface area contributed by atoms with Gasteiger partial charge in [-0.05, 0) is 81.1 Å². The molecule has 10 nitrogen and oxygen atoms in total. The maximum absolute atomic E-state index is 11.9. The number of aliphatic carboxylic acids is 2. The third-order valence-corrected chi connectivity index (χ3v) is 5.72. The fourth-order valence-corrected chi connectivity index (χ4v) is 3.77. The molecule has 2 heterocycles. The van der Waals surface area contributed by atoms with Crippen molar-refractivity contribution >= 4 is 24.1 Å². The molecular formula is C24H42N2O8. The lowest BCUT2D eigenvalue weighted by molar-refractivity contribution is -0.145. The number of nitrogens with zero attached hydrogens (tertiary/aromatic N) is 2. The van der Waals surface area contributed by atoms with Crippen molar-refractivity contribution in [2.75, 3.05) is 13.1 Å². The van der Waals surface area contributed by atoms with E-state index in [-0.39, 0.29) is 25.2 Å². The number of rotatable bonds is 2. The molecule has 0 saturated carbocycles. The van der Waals surface area contributed by atoms with Gasteiger partial charge in [-0.3, -0.25) is 9.59 Å². The van der Waals surface area contributed by atoms with Gasteiger partial charge in [-0.1, -0.05) is 0 Å². The smallest absolute Gasteiger partial charge is 0.410 e. The molecular weight excluding hydrogens is 444 g/mol. The Balaban J connectivity index is 0.000000340. The number of ether oxygens (including phenoxy) is 2. The fraction of sp³-hybridized carbons (Fsp3) is 0.833. The summed E-state index contributed by atoms with van der Waals surface area (Å²) in [5, 5.41) is 18.0. The van der Waals surface area contributed by atoms with Gasteiger partial charge in [-0.15, -0.1) is 0 Å². The lowest BCUT2D eigenvalue weighted by atomic mass is 9.94. The molecule has 2 saturated heterocycles. The second-order valence-electron chi connectivity index (χ2n) is 11.2. The Hall–Kier alpha value is -2.52. The van der Waals surface area contributed by atoms with Crippen molar-refractivity contribution in [3.63, 3.8) is 0 Å². The third-order valence-electron chi connectivity index (χ3n) is 5.72. The monoisotopic (exact) mass is 486 g/mol. The van der Waals surface area contributed by atoms with E-state index in [0.29, 0.717) is 25.7 Å². The summed E-state index contributed by atoms with van der Waals surface area (Å²) in [6, 6.07) is 0.0842. The summed E-state index contributed by atoms with van der Waals surface area (Å²) in [4.78, 5) is 48.7. The van der Waals surface area contributed by atoms with Crippen LogP contribution in [0.3, 0.4) is 0 Å². The van der Waals surface area contributed by atoms with Gasteiger partial charge < -0.3 is 29.5 Å². The Bertz CT molecular complexity index is 678. The van der Waals surface area contributed by atoms with Crippen LogP contribution >= 0.6 is 0 Å². The van der Waals surface area contributed by atoms with Crippen LogP contribution in [0.4, 0.5) is 9.59 Å². The average Bonchev–Trinajstić information content (AvgIpc) is 2.66. The quantitative estimate of drug-likeness (QED) is 0.593. The highest BCUT2D eigenvalue weighted by molar-refractivity contribution is 5.74. The average molecular weight is 487 g/mol. The van der Waals surface area contributed by atoms with E-state index in [2.05, 4.69) is 0 Å². The van der Waals surface area contributed by atoms with Crippen molar-refractivity contribution in [2.45, 2.75) is 104 Å². The van der Waals surface area contributed by atoms with Crippen molar-refractivity contribution in [1.82, 2.24) is 9.80 Å². The normalized spacial score (nSPS) is 25.5. The first-order valence-electron chi connectivity index (χ1n) is 11.9. The zero-order valence-electron chi connectivity index (χ0n) is 21.8. The molecule has 2 fully saturated rings. The Morgan fingerprint density at radius 3 is 1.18 bits per heavy atom. The second kappa shape index (κ2) is 11.8. The topological polar surface area (TPSA) is 134 Å². The first-order chi connectivity index (χ1) is 15.4. The van der Waals surface area contributed by atoms with Crippen LogP contribution in [-0.2, 0) is 19.1 Å². The van der Waals surface area contributed by atoms with Gasteiger partial charge in [0.25, 0.3) is 0 Å². The van der Waals surface area contributed by atoms with E-state index in [1.165, 1.54) is 9.80 Å². The maximum Gasteiger partial charge on any atom is 0.410 e. The number of amides is 2. The summed E-state index contributed by atoms with van der Waals surface area (Å²) in [6.45, 7) is 15.1. The number of piperidine rings is 2. The van der Waals surface area contributed by atoms with Crippen molar-refractivity contribution < 1.29 is 38.9 Å². The first kappa shape index (κ1) is 29.5. The number of carbonyl (C=O) groups excluding carboxylic acids is 2. The van der Waals surface area contributed by atoms with E-state index in [4.69, 9.17) is 19.7 Å². The minimum absolute atomic E-state index is 0.0421. The van der Waals surface area contributed by atoms with Gasteiger partial charge in [0.2, 0.25) is 0 Å². The fourth-order valence-electron chi connectivity index (χ4n) is 3.77. The van der Waals surface area contributed by atoms with Crippen molar-refractivity contribution in [2.24, 2.45) is 11.8 Å². The number of carboxylic acid groups (broad SMARTS) is 2. The second-order valence-corrected chi connectivity index (χ2v) is 11.2. The lowest BCUT2D eigenvalue weighted by Gasteiger charge is -2.37. The van der Waals surface area contributed by atoms with Gasteiger partial charge >= 0.3 is 24.1 Å². The number of hydrogen-bond donors (Lipinski definition) is 2. The highest BCUT2D eigenvalue weighted by atomic mass is 16.6. The van der Waals surface area contributed by atoms with Gasteiger partial charge in [0.15, 0.2) is 0 Å². The van der Waals surface area contributed by atoms with E-state index in [9.17, 15) is 19.2 Å². The third kappa shape index (κ3) is 9.77. The molecule has 10 heteroatoms. The molecule has 34 heavy (non-hydrogen) atoms. The van der Waals surface area contributed by atoms with Gasteiger partial charge in [-0.2, -0.15) is 0 Å². The number of hydrogen-bond acceptors (Lipinski definition) is 6. The molecule has 2 aliphatic heterocycles. The van der Waals surface area contributed by atoms with Crippen LogP contribution in [0.25, 0.3) is 0 Å². The molecule has 2 N–H and O–H groups in total. The summed E-state index contributed by atoms with van der Waals surface area (Å²) in [5.74, 6) is -2.63. The van der Waals surface area contributed by atoms with Crippen LogP contribution in [-0.4, -0.2) is 80.5 Å². The lowest BCUT2D eigenvalue weighted by Crippen LogP contribution is -2.49. The zero-order chi connectivity index (χ0) is 26.4. The molecule has 0 aromatic carbocycles. The number of likely N-dealkylation sites (tertiary alicyclic amines) is 2. The minimum atomic E-state index is -0.842. The molecule has 0 aromatic heterocycles. The molecule has 0 unspecified atom stereocenters. The van der Waals surface area contributed by atoms with Crippen LogP contribution in [0.2, 0.25) is 0 Å².